The molecule has 0 atom stereocenters. The van der Waals surface area contributed by atoms with Crippen molar-refractivity contribution in [2.45, 2.75) is 6.43 Å². The highest BCUT2D eigenvalue weighted by molar-refractivity contribution is 9.10. The third kappa shape index (κ3) is 1.67. The third-order valence-electron chi connectivity index (χ3n) is 1.18. The van der Waals surface area contributed by atoms with E-state index >= 15 is 0 Å². The molecule has 0 saturated heterocycles. The molecule has 0 saturated carbocycles. The molecule has 0 radical (unpaired) electrons. The number of aromatic nitrogens is 1. The highest BCUT2D eigenvalue weighted by atomic mass is 79.9. The first kappa shape index (κ1) is 9.67. The SMILES string of the molecule is Oc1c(C(F)F)ncc(Cl)c1Br. The fourth-order valence-electron chi connectivity index (χ4n) is 0.629. The van der Waals surface area contributed by atoms with Gasteiger partial charge in [0.2, 0.25) is 0 Å². The van der Waals surface area contributed by atoms with E-state index in [2.05, 4.69) is 20.9 Å². The summed E-state index contributed by atoms with van der Waals surface area (Å²) in [4.78, 5) is 3.28. The van der Waals surface area contributed by atoms with Crippen LogP contribution in [0, 0.1) is 0 Å². The fraction of sp³-hybridized carbons (Fsp3) is 0.167. The molecule has 6 heteroatoms. The lowest BCUT2D eigenvalue weighted by Crippen LogP contribution is -1.91. The van der Waals surface area contributed by atoms with Gasteiger partial charge in [-0.2, -0.15) is 0 Å². The van der Waals surface area contributed by atoms with E-state index in [4.69, 9.17) is 16.7 Å². The minimum Gasteiger partial charge on any atom is -0.505 e. The Hall–Kier alpha value is -0.420. The zero-order valence-corrected chi connectivity index (χ0v) is 7.90. The molecule has 1 aromatic heterocycles. The van der Waals surface area contributed by atoms with Crippen molar-refractivity contribution in [3.63, 3.8) is 0 Å². The average molecular weight is 258 g/mol. The molecule has 0 aliphatic heterocycles. The topological polar surface area (TPSA) is 33.1 Å². The van der Waals surface area contributed by atoms with E-state index in [1.807, 2.05) is 0 Å². The smallest absolute Gasteiger partial charge is 0.284 e. The second-order valence-corrected chi connectivity index (χ2v) is 3.15. The van der Waals surface area contributed by atoms with Crippen LogP contribution in [-0.2, 0) is 0 Å². The maximum absolute atomic E-state index is 12.1. The molecule has 1 N–H and O–H groups in total. The van der Waals surface area contributed by atoms with E-state index in [1.54, 1.807) is 0 Å². The van der Waals surface area contributed by atoms with Gasteiger partial charge in [-0.3, -0.25) is 0 Å². The van der Waals surface area contributed by atoms with Gasteiger partial charge in [0.05, 0.1) is 9.50 Å². The Morgan fingerprint density at radius 3 is 2.67 bits per heavy atom. The van der Waals surface area contributed by atoms with Crippen LogP contribution in [-0.4, -0.2) is 10.1 Å². The van der Waals surface area contributed by atoms with Gasteiger partial charge < -0.3 is 5.11 Å². The number of nitrogens with zero attached hydrogens (tertiary/aromatic N) is 1. The van der Waals surface area contributed by atoms with Crippen LogP contribution in [0.4, 0.5) is 8.78 Å². The molecule has 66 valence electrons. The monoisotopic (exact) mass is 257 g/mol. The zero-order chi connectivity index (χ0) is 9.30. The van der Waals surface area contributed by atoms with Gasteiger partial charge in [-0.15, -0.1) is 0 Å². The first-order chi connectivity index (χ1) is 5.54. The number of halogens is 4. The van der Waals surface area contributed by atoms with Crippen molar-refractivity contribution in [2.75, 3.05) is 0 Å². The van der Waals surface area contributed by atoms with Crippen LogP contribution in [0.1, 0.15) is 12.1 Å². The largest absolute Gasteiger partial charge is 0.505 e. The molecule has 0 aromatic carbocycles. The Morgan fingerprint density at radius 2 is 2.17 bits per heavy atom. The highest BCUT2D eigenvalue weighted by Gasteiger charge is 2.18. The van der Waals surface area contributed by atoms with Gasteiger partial charge in [0, 0.05) is 6.20 Å². The summed E-state index contributed by atoms with van der Waals surface area (Å²) in [7, 11) is 0. The molecule has 12 heavy (non-hydrogen) atoms. The molecular formula is C6H3BrClF2NO. The average Bonchev–Trinajstić information content (AvgIpc) is 2.00. The normalized spacial score (nSPS) is 10.8. The summed E-state index contributed by atoms with van der Waals surface area (Å²) in [6.45, 7) is 0. The summed E-state index contributed by atoms with van der Waals surface area (Å²) >= 11 is 8.32. The molecule has 0 unspecified atom stereocenters. The highest BCUT2D eigenvalue weighted by Crippen LogP contribution is 2.36. The van der Waals surface area contributed by atoms with E-state index in [0.29, 0.717) is 0 Å². The molecule has 0 amide bonds. The number of pyridine rings is 1. The van der Waals surface area contributed by atoms with Crippen LogP contribution < -0.4 is 0 Å². The molecule has 2 nitrogen and oxygen atoms in total. The second-order valence-electron chi connectivity index (χ2n) is 1.95. The van der Waals surface area contributed by atoms with Crippen molar-refractivity contribution in [3.8, 4) is 5.75 Å². The van der Waals surface area contributed by atoms with Crippen molar-refractivity contribution in [1.29, 1.82) is 0 Å². The Morgan fingerprint density at radius 1 is 1.58 bits per heavy atom. The van der Waals surface area contributed by atoms with Crippen LogP contribution in [0.2, 0.25) is 5.02 Å². The molecule has 0 fully saturated rings. The number of rotatable bonds is 1. The summed E-state index contributed by atoms with van der Waals surface area (Å²) < 4.78 is 24.1. The first-order valence-corrected chi connectivity index (χ1v) is 4.02. The fourth-order valence-corrected chi connectivity index (χ4v) is 1.07. The van der Waals surface area contributed by atoms with Gasteiger partial charge in [-0.1, -0.05) is 11.6 Å². The summed E-state index contributed by atoms with van der Waals surface area (Å²) in [6, 6.07) is 0. The lowest BCUT2D eigenvalue weighted by molar-refractivity contribution is 0.141. The Kier molecular flexibility index (Phi) is 2.85. The van der Waals surface area contributed by atoms with E-state index < -0.39 is 17.9 Å². The maximum atomic E-state index is 12.1. The number of aromatic hydroxyl groups is 1. The van der Waals surface area contributed by atoms with Crippen molar-refractivity contribution in [1.82, 2.24) is 4.98 Å². The molecule has 1 heterocycles. The molecule has 0 spiro atoms. The van der Waals surface area contributed by atoms with Gasteiger partial charge >= 0.3 is 0 Å². The second kappa shape index (κ2) is 3.53. The predicted octanol–water partition coefficient (Wildman–Crippen LogP) is 3.14. The molecule has 0 bridgehead atoms. The van der Waals surface area contributed by atoms with E-state index in [-0.39, 0.29) is 9.50 Å². The minimum atomic E-state index is -2.81. The Bertz CT molecular complexity index is 308. The molecule has 0 aliphatic carbocycles. The number of hydrogen-bond acceptors (Lipinski definition) is 2. The quantitative estimate of drug-likeness (QED) is 0.839. The molecule has 0 aliphatic rings. The predicted molar refractivity (Wildman–Crippen MR) is 43.6 cm³/mol. The summed E-state index contributed by atoms with van der Waals surface area (Å²) in [5.74, 6) is -0.613. The third-order valence-corrected chi connectivity index (χ3v) is 2.50. The lowest BCUT2D eigenvalue weighted by Gasteiger charge is -2.04. The summed E-state index contributed by atoms with van der Waals surface area (Å²) in [5.41, 5.74) is -0.675. The van der Waals surface area contributed by atoms with Gasteiger partial charge in [-0.05, 0) is 15.9 Å². The van der Waals surface area contributed by atoms with E-state index in [1.165, 1.54) is 0 Å². The number of hydrogen-bond donors (Lipinski definition) is 1. The first-order valence-electron chi connectivity index (χ1n) is 2.85. The van der Waals surface area contributed by atoms with Gasteiger partial charge in [0.15, 0.2) is 5.75 Å². The van der Waals surface area contributed by atoms with Gasteiger partial charge in [-0.25, -0.2) is 13.8 Å². The van der Waals surface area contributed by atoms with Crippen LogP contribution >= 0.6 is 27.5 Å². The molecule has 1 rings (SSSR count). The van der Waals surface area contributed by atoms with E-state index in [9.17, 15) is 8.78 Å². The van der Waals surface area contributed by atoms with Crippen molar-refractivity contribution < 1.29 is 13.9 Å². The lowest BCUT2D eigenvalue weighted by atomic mass is 10.3. The Labute approximate surface area is 80.3 Å². The molecule has 1 aromatic rings. The standard InChI is InChI=1S/C6H3BrClF2NO/c7-3-2(8)1-11-4(5(3)12)6(9)10/h1,6,12H. The number of alkyl halides is 2. The van der Waals surface area contributed by atoms with Crippen molar-refractivity contribution in [3.05, 3.63) is 21.4 Å². The summed E-state index contributed by atoms with van der Waals surface area (Å²) in [6.07, 6.45) is -1.76. The van der Waals surface area contributed by atoms with Gasteiger partial charge in [0.25, 0.3) is 6.43 Å². The maximum Gasteiger partial charge on any atom is 0.284 e. The van der Waals surface area contributed by atoms with Crippen LogP contribution in [0.25, 0.3) is 0 Å². The Balaban J connectivity index is 3.27. The van der Waals surface area contributed by atoms with Gasteiger partial charge in [0.1, 0.15) is 5.69 Å². The van der Waals surface area contributed by atoms with Crippen molar-refractivity contribution >= 4 is 27.5 Å². The van der Waals surface area contributed by atoms with Crippen LogP contribution in [0.15, 0.2) is 10.7 Å². The van der Waals surface area contributed by atoms with Crippen LogP contribution in [0.3, 0.4) is 0 Å². The minimum absolute atomic E-state index is 0.0365. The zero-order valence-electron chi connectivity index (χ0n) is 5.56. The molecular weight excluding hydrogens is 255 g/mol. The van der Waals surface area contributed by atoms with E-state index in [0.717, 1.165) is 6.20 Å². The van der Waals surface area contributed by atoms with Crippen LogP contribution in [0.5, 0.6) is 5.75 Å². The van der Waals surface area contributed by atoms with Crippen molar-refractivity contribution in [2.24, 2.45) is 0 Å². The summed E-state index contributed by atoms with van der Waals surface area (Å²) in [5, 5.41) is 9.17.